The largest absolute Gasteiger partial charge is 0.326 e. The number of nitrogens with zero attached hydrogens (tertiary/aromatic N) is 1. The van der Waals surface area contributed by atoms with Gasteiger partial charge in [-0.3, -0.25) is 14.4 Å². The first-order valence-electron chi connectivity index (χ1n) is 6.41. The highest BCUT2D eigenvalue weighted by molar-refractivity contribution is 8.15. The Bertz CT molecular complexity index is 676. The van der Waals surface area contributed by atoms with E-state index in [1.165, 1.54) is 6.92 Å². The maximum absolute atomic E-state index is 12.0. The van der Waals surface area contributed by atoms with Gasteiger partial charge in [-0.15, -0.1) is 5.10 Å². The Morgan fingerprint density at radius 3 is 2.57 bits per heavy atom. The molecule has 2 rings (SSSR count). The van der Waals surface area contributed by atoms with Crippen molar-refractivity contribution in [1.82, 2.24) is 10.7 Å². The van der Waals surface area contributed by atoms with Crippen molar-refractivity contribution in [1.29, 1.82) is 0 Å². The summed E-state index contributed by atoms with van der Waals surface area (Å²) in [4.78, 5) is 34.6. The first kappa shape index (κ1) is 17.6. The van der Waals surface area contributed by atoms with Crippen LogP contribution in [0.15, 0.2) is 23.3 Å². The van der Waals surface area contributed by atoms with E-state index in [9.17, 15) is 14.4 Å². The quantitative estimate of drug-likeness (QED) is 0.701. The van der Waals surface area contributed by atoms with E-state index in [-0.39, 0.29) is 29.3 Å². The number of benzene rings is 1. The maximum atomic E-state index is 12.0. The predicted octanol–water partition coefficient (Wildman–Crippen LogP) is 1.96. The molecule has 10 heteroatoms. The molecule has 1 heterocycles. The monoisotopic (exact) mass is 374 g/mol. The predicted molar refractivity (Wildman–Crippen MR) is 90.5 cm³/mol. The highest BCUT2D eigenvalue weighted by Gasteiger charge is 2.32. The topological polar surface area (TPSA) is 99.7 Å². The Morgan fingerprint density at radius 2 is 1.96 bits per heavy atom. The van der Waals surface area contributed by atoms with Crippen LogP contribution in [0.3, 0.4) is 0 Å². The highest BCUT2D eigenvalue weighted by Crippen LogP contribution is 2.25. The van der Waals surface area contributed by atoms with E-state index < -0.39 is 5.25 Å². The minimum atomic E-state index is -0.628. The molecule has 7 nitrogen and oxygen atoms in total. The van der Waals surface area contributed by atoms with Crippen LogP contribution in [0.25, 0.3) is 0 Å². The van der Waals surface area contributed by atoms with Crippen molar-refractivity contribution in [2.45, 2.75) is 18.6 Å². The molecule has 1 aromatic rings. The number of nitrogens with one attached hydrogen (secondary N) is 3. The number of halogens is 2. The van der Waals surface area contributed by atoms with Crippen molar-refractivity contribution in [3.8, 4) is 0 Å². The number of amidine groups is 1. The maximum Gasteiger partial charge on any atom is 0.240 e. The van der Waals surface area contributed by atoms with Gasteiger partial charge in [-0.25, -0.2) is 5.43 Å². The molecule has 0 aliphatic carbocycles. The lowest BCUT2D eigenvalue weighted by atomic mass is 10.2. The number of anilines is 1. The second-order valence-corrected chi connectivity index (χ2v) is 6.66. The van der Waals surface area contributed by atoms with Gasteiger partial charge in [-0.05, 0) is 18.2 Å². The zero-order chi connectivity index (χ0) is 17.0. The van der Waals surface area contributed by atoms with E-state index >= 15 is 0 Å². The molecule has 0 radical (unpaired) electrons. The summed E-state index contributed by atoms with van der Waals surface area (Å²) < 4.78 is 0. The van der Waals surface area contributed by atoms with Crippen molar-refractivity contribution < 1.29 is 14.4 Å². The van der Waals surface area contributed by atoms with Gasteiger partial charge >= 0.3 is 0 Å². The van der Waals surface area contributed by atoms with Gasteiger partial charge in [0.25, 0.3) is 0 Å². The molecule has 0 aromatic heterocycles. The molecule has 1 saturated heterocycles. The van der Waals surface area contributed by atoms with E-state index in [0.29, 0.717) is 15.7 Å². The number of hydrogen-bond donors (Lipinski definition) is 3. The van der Waals surface area contributed by atoms with Gasteiger partial charge in [0.15, 0.2) is 5.17 Å². The van der Waals surface area contributed by atoms with Crippen molar-refractivity contribution in [2.24, 2.45) is 5.10 Å². The molecule has 0 spiro atoms. The molecular formula is C13H12Cl2N4O3S. The molecule has 1 aromatic carbocycles. The minimum absolute atomic E-state index is 0.0558. The zero-order valence-corrected chi connectivity index (χ0v) is 14.2. The Hall–Kier alpha value is -1.77. The summed E-state index contributed by atoms with van der Waals surface area (Å²) in [5.74, 6) is -1.07. The fourth-order valence-corrected chi connectivity index (χ4v) is 3.18. The third-order valence-electron chi connectivity index (χ3n) is 2.61. The number of hydrazone groups is 1. The average molecular weight is 375 g/mol. The van der Waals surface area contributed by atoms with Crippen LogP contribution in [0.5, 0.6) is 0 Å². The average Bonchev–Trinajstić information content (AvgIpc) is 2.75. The second-order valence-electron chi connectivity index (χ2n) is 4.59. The third kappa shape index (κ3) is 5.42. The number of rotatable bonds is 4. The second kappa shape index (κ2) is 7.67. The zero-order valence-electron chi connectivity index (χ0n) is 11.9. The standard InChI is InChI=1S/C13H12Cl2N4O3S/c1-6(20)18-19-13-17-12(22)10(23-13)5-11(21)16-9-3-7(14)2-8(15)4-9/h2-4,10H,5H2,1H3,(H,16,21)(H,18,20)(H,17,19,22)/t10-/m1/s1. The first-order chi connectivity index (χ1) is 10.8. The molecule has 122 valence electrons. The molecule has 3 N–H and O–H groups in total. The van der Waals surface area contributed by atoms with Crippen LogP contribution in [-0.2, 0) is 14.4 Å². The van der Waals surface area contributed by atoms with Crippen molar-refractivity contribution in [3.63, 3.8) is 0 Å². The van der Waals surface area contributed by atoms with Crippen molar-refractivity contribution >= 4 is 63.5 Å². The lowest BCUT2D eigenvalue weighted by Gasteiger charge is -2.08. The summed E-state index contributed by atoms with van der Waals surface area (Å²) in [6, 6.07) is 4.65. The summed E-state index contributed by atoms with van der Waals surface area (Å²) in [5, 5.41) is 9.23. The minimum Gasteiger partial charge on any atom is -0.326 e. The normalized spacial score (nSPS) is 18.7. The molecule has 0 unspecified atom stereocenters. The van der Waals surface area contributed by atoms with Crippen LogP contribution < -0.4 is 16.1 Å². The van der Waals surface area contributed by atoms with Gasteiger partial charge in [0.1, 0.15) is 5.25 Å². The SMILES string of the molecule is CC(=O)N/N=C1\NC(=O)[C@@H](CC(=O)Nc2cc(Cl)cc(Cl)c2)S1. The van der Waals surface area contributed by atoms with Gasteiger partial charge in [0.05, 0.1) is 0 Å². The molecule has 0 saturated carbocycles. The number of carbonyl (C=O) groups excluding carboxylic acids is 3. The van der Waals surface area contributed by atoms with Crippen LogP contribution >= 0.6 is 35.0 Å². The van der Waals surface area contributed by atoms with Crippen molar-refractivity contribution in [2.75, 3.05) is 5.32 Å². The highest BCUT2D eigenvalue weighted by atomic mass is 35.5. The molecule has 1 aliphatic rings. The number of thioether (sulfide) groups is 1. The smallest absolute Gasteiger partial charge is 0.240 e. The summed E-state index contributed by atoms with van der Waals surface area (Å²) in [6.45, 7) is 1.30. The molecule has 1 aliphatic heterocycles. The van der Waals surface area contributed by atoms with Gasteiger partial charge in [-0.2, -0.15) is 0 Å². The lowest BCUT2D eigenvalue weighted by Crippen LogP contribution is -2.28. The van der Waals surface area contributed by atoms with E-state index in [0.717, 1.165) is 11.8 Å². The Morgan fingerprint density at radius 1 is 1.30 bits per heavy atom. The van der Waals surface area contributed by atoms with Gasteiger partial charge in [0, 0.05) is 29.1 Å². The Kier molecular flexibility index (Phi) is 5.86. The molecule has 0 bridgehead atoms. The molecule has 23 heavy (non-hydrogen) atoms. The molecule has 1 fully saturated rings. The van der Waals surface area contributed by atoms with E-state index in [4.69, 9.17) is 23.2 Å². The third-order valence-corrected chi connectivity index (χ3v) is 4.13. The van der Waals surface area contributed by atoms with Crippen LogP contribution in [0.4, 0.5) is 5.69 Å². The van der Waals surface area contributed by atoms with Gasteiger partial charge < -0.3 is 10.6 Å². The Balaban J connectivity index is 1.94. The van der Waals surface area contributed by atoms with Crippen LogP contribution in [0.1, 0.15) is 13.3 Å². The number of hydrogen-bond acceptors (Lipinski definition) is 5. The molecular weight excluding hydrogens is 363 g/mol. The number of amides is 3. The fraction of sp³-hybridized carbons (Fsp3) is 0.231. The van der Waals surface area contributed by atoms with E-state index in [1.54, 1.807) is 18.2 Å². The summed E-state index contributed by atoms with van der Waals surface area (Å²) in [7, 11) is 0. The molecule has 1 atom stereocenters. The van der Waals surface area contributed by atoms with Crippen LogP contribution in [0.2, 0.25) is 10.0 Å². The Labute approximate surface area is 146 Å². The van der Waals surface area contributed by atoms with Gasteiger partial charge in [0.2, 0.25) is 17.7 Å². The van der Waals surface area contributed by atoms with Gasteiger partial charge in [-0.1, -0.05) is 35.0 Å². The van der Waals surface area contributed by atoms with Crippen LogP contribution in [0, 0.1) is 0 Å². The van der Waals surface area contributed by atoms with Crippen molar-refractivity contribution in [3.05, 3.63) is 28.2 Å². The summed E-state index contributed by atoms with van der Waals surface area (Å²) >= 11 is 12.8. The molecule has 3 amide bonds. The summed E-state index contributed by atoms with van der Waals surface area (Å²) in [6.07, 6.45) is -0.0558. The van der Waals surface area contributed by atoms with E-state index in [2.05, 4.69) is 21.2 Å². The van der Waals surface area contributed by atoms with Crippen LogP contribution in [-0.4, -0.2) is 28.1 Å². The first-order valence-corrected chi connectivity index (χ1v) is 8.05. The fourth-order valence-electron chi connectivity index (χ4n) is 1.73. The van der Waals surface area contributed by atoms with E-state index in [1.807, 2.05) is 0 Å². The summed E-state index contributed by atoms with van der Waals surface area (Å²) in [5.41, 5.74) is 2.67. The lowest BCUT2D eigenvalue weighted by molar-refractivity contribution is -0.122. The number of carbonyl (C=O) groups is 3.